The Kier molecular flexibility index (Phi) is 6.71. The number of aryl methyl sites for hydroxylation is 1. The number of hydrogen-bond donors (Lipinski definition) is 1. The van der Waals surface area contributed by atoms with Crippen molar-refractivity contribution in [1.82, 2.24) is 0 Å². The van der Waals surface area contributed by atoms with E-state index in [1.807, 2.05) is 44.2 Å². The van der Waals surface area contributed by atoms with Gasteiger partial charge in [0.15, 0.2) is 6.61 Å². The molecule has 0 radical (unpaired) electrons. The van der Waals surface area contributed by atoms with Gasteiger partial charge in [0.05, 0.1) is 12.3 Å². The van der Waals surface area contributed by atoms with E-state index in [4.69, 9.17) is 21.1 Å². The number of ether oxygens (including phenoxy) is 2. The molecule has 4 nitrogen and oxygen atoms in total. The Balaban J connectivity index is 2.07. The van der Waals surface area contributed by atoms with Gasteiger partial charge in [-0.25, -0.2) is 0 Å². The molecule has 2 aromatic rings. The summed E-state index contributed by atoms with van der Waals surface area (Å²) in [5.74, 6) is 1.33. The summed E-state index contributed by atoms with van der Waals surface area (Å²) in [6, 6.07) is 11.1. The lowest BCUT2D eigenvalue weighted by Crippen LogP contribution is -2.21. The average molecular weight is 362 g/mol. The number of nitrogens with one attached hydrogen (secondary N) is 1. The Morgan fingerprint density at radius 1 is 1.16 bits per heavy atom. The van der Waals surface area contributed by atoms with Crippen molar-refractivity contribution in [3.8, 4) is 11.5 Å². The van der Waals surface area contributed by atoms with E-state index < -0.39 is 0 Å². The largest absolute Gasteiger partial charge is 0.492 e. The maximum absolute atomic E-state index is 12.3. The van der Waals surface area contributed by atoms with Crippen LogP contribution in [0.4, 0.5) is 5.69 Å². The lowest BCUT2D eigenvalue weighted by Gasteiger charge is -2.16. The second kappa shape index (κ2) is 8.77. The van der Waals surface area contributed by atoms with Gasteiger partial charge in [-0.2, -0.15) is 0 Å². The van der Waals surface area contributed by atoms with Crippen LogP contribution in [0.5, 0.6) is 11.5 Å². The molecule has 2 aromatic carbocycles. The van der Waals surface area contributed by atoms with Crippen molar-refractivity contribution < 1.29 is 14.3 Å². The Morgan fingerprint density at radius 2 is 1.88 bits per heavy atom. The minimum Gasteiger partial charge on any atom is -0.492 e. The van der Waals surface area contributed by atoms with Gasteiger partial charge in [-0.1, -0.05) is 37.6 Å². The summed E-state index contributed by atoms with van der Waals surface area (Å²) < 4.78 is 11.3. The predicted octanol–water partition coefficient (Wildman–Crippen LogP) is 5.19. The molecule has 1 N–H and O–H groups in total. The van der Waals surface area contributed by atoms with Crippen LogP contribution in [0.25, 0.3) is 0 Å². The van der Waals surface area contributed by atoms with Gasteiger partial charge in [-0.3, -0.25) is 4.79 Å². The number of carbonyl (C=O) groups excluding carboxylic acids is 1. The summed E-state index contributed by atoms with van der Waals surface area (Å²) in [5, 5.41) is 3.53. The third-order valence-corrected chi connectivity index (χ3v) is 4.14. The molecular weight excluding hydrogens is 338 g/mol. The van der Waals surface area contributed by atoms with Crippen LogP contribution in [0.1, 0.15) is 37.8 Å². The van der Waals surface area contributed by atoms with Crippen molar-refractivity contribution in [2.75, 3.05) is 18.5 Å². The van der Waals surface area contributed by atoms with E-state index in [-0.39, 0.29) is 18.4 Å². The fraction of sp³-hybridized carbons (Fsp3) is 0.350. The van der Waals surface area contributed by atoms with Crippen LogP contribution in [0, 0.1) is 6.92 Å². The zero-order valence-corrected chi connectivity index (χ0v) is 15.8. The second-order valence-electron chi connectivity index (χ2n) is 6.06. The van der Waals surface area contributed by atoms with Crippen LogP contribution >= 0.6 is 11.6 Å². The highest BCUT2D eigenvalue weighted by atomic mass is 35.5. The summed E-state index contributed by atoms with van der Waals surface area (Å²) in [7, 11) is 0. The molecule has 0 saturated heterocycles. The topological polar surface area (TPSA) is 47.6 Å². The quantitative estimate of drug-likeness (QED) is 0.738. The van der Waals surface area contributed by atoms with Crippen molar-refractivity contribution in [3.63, 3.8) is 0 Å². The van der Waals surface area contributed by atoms with Crippen LogP contribution in [0.3, 0.4) is 0 Å². The van der Waals surface area contributed by atoms with Crippen molar-refractivity contribution >= 4 is 23.2 Å². The van der Waals surface area contributed by atoms with Gasteiger partial charge in [0, 0.05) is 5.02 Å². The number of amides is 1. The Hall–Kier alpha value is -2.20. The lowest BCUT2D eigenvalue weighted by molar-refractivity contribution is -0.118. The summed E-state index contributed by atoms with van der Waals surface area (Å²) >= 11 is 6.20. The monoisotopic (exact) mass is 361 g/mol. The van der Waals surface area contributed by atoms with Gasteiger partial charge >= 0.3 is 0 Å². The number of halogens is 1. The van der Waals surface area contributed by atoms with Crippen LogP contribution in [0.2, 0.25) is 5.02 Å². The maximum Gasteiger partial charge on any atom is 0.262 e. The van der Waals surface area contributed by atoms with E-state index in [0.717, 1.165) is 11.1 Å². The molecule has 0 aliphatic rings. The molecule has 0 heterocycles. The average Bonchev–Trinajstić information content (AvgIpc) is 2.57. The first kappa shape index (κ1) is 19.1. The fourth-order valence-corrected chi connectivity index (χ4v) is 2.60. The van der Waals surface area contributed by atoms with Gasteiger partial charge in [-0.15, -0.1) is 0 Å². The summed E-state index contributed by atoms with van der Waals surface area (Å²) in [5.41, 5.74) is 2.54. The van der Waals surface area contributed by atoms with Gasteiger partial charge in [0.25, 0.3) is 5.91 Å². The van der Waals surface area contributed by atoms with E-state index >= 15 is 0 Å². The Bertz CT molecular complexity index is 744. The van der Waals surface area contributed by atoms with Crippen LogP contribution in [-0.2, 0) is 4.79 Å². The molecule has 134 valence electrons. The van der Waals surface area contributed by atoms with Gasteiger partial charge in [-0.05, 0) is 55.2 Å². The van der Waals surface area contributed by atoms with Gasteiger partial charge < -0.3 is 14.8 Å². The molecule has 25 heavy (non-hydrogen) atoms. The molecule has 0 atom stereocenters. The molecule has 5 heteroatoms. The zero-order valence-electron chi connectivity index (χ0n) is 15.1. The van der Waals surface area contributed by atoms with Crippen LogP contribution in [-0.4, -0.2) is 19.1 Å². The van der Waals surface area contributed by atoms with Gasteiger partial charge in [0.1, 0.15) is 11.5 Å². The van der Waals surface area contributed by atoms with Gasteiger partial charge in [0.2, 0.25) is 0 Å². The molecule has 1 amide bonds. The predicted molar refractivity (Wildman–Crippen MR) is 102 cm³/mol. The van der Waals surface area contributed by atoms with Crippen molar-refractivity contribution in [2.24, 2.45) is 0 Å². The molecule has 2 rings (SSSR count). The molecule has 0 spiro atoms. The van der Waals surface area contributed by atoms with Crippen molar-refractivity contribution in [3.05, 3.63) is 52.5 Å². The minimum atomic E-state index is -0.241. The lowest BCUT2D eigenvalue weighted by atomic mass is 10.0. The highest BCUT2D eigenvalue weighted by Gasteiger charge is 2.13. The summed E-state index contributed by atoms with van der Waals surface area (Å²) in [6.45, 7) is 8.39. The van der Waals surface area contributed by atoms with E-state index in [0.29, 0.717) is 28.8 Å². The third kappa shape index (κ3) is 5.13. The number of anilines is 1. The zero-order chi connectivity index (χ0) is 18.4. The number of hydrogen-bond acceptors (Lipinski definition) is 3. The first-order valence-corrected chi connectivity index (χ1v) is 8.74. The second-order valence-corrected chi connectivity index (χ2v) is 6.47. The SMILES string of the molecule is CCOc1ccccc1NC(=O)COc1cc(C)c(Cl)cc1C(C)C. The first-order chi connectivity index (χ1) is 11.9. The molecule has 0 aromatic heterocycles. The summed E-state index contributed by atoms with van der Waals surface area (Å²) in [6.07, 6.45) is 0. The van der Waals surface area contributed by atoms with Crippen LogP contribution < -0.4 is 14.8 Å². The van der Waals surface area contributed by atoms with E-state index in [2.05, 4.69) is 19.2 Å². The standard InChI is InChI=1S/C20H24ClNO3/c1-5-24-18-9-7-6-8-17(18)22-20(23)12-25-19-10-14(4)16(21)11-15(19)13(2)3/h6-11,13H,5,12H2,1-4H3,(H,22,23). The maximum atomic E-state index is 12.3. The molecule has 0 saturated carbocycles. The number of benzene rings is 2. The first-order valence-electron chi connectivity index (χ1n) is 8.36. The van der Waals surface area contributed by atoms with Crippen LogP contribution in [0.15, 0.2) is 36.4 Å². The Labute approximate surface area is 154 Å². The molecule has 0 bridgehead atoms. The molecular formula is C20H24ClNO3. The molecule has 0 aliphatic carbocycles. The molecule has 0 fully saturated rings. The number of carbonyl (C=O) groups is 1. The molecule has 0 aliphatic heterocycles. The normalized spacial score (nSPS) is 10.6. The van der Waals surface area contributed by atoms with E-state index in [1.54, 1.807) is 6.07 Å². The van der Waals surface area contributed by atoms with E-state index in [1.165, 1.54) is 0 Å². The van der Waals surface area contributed by atoms with Crippen molar-refractivity contribution in [1.29, 1.82) is 0 Å². The fourth-order valence-electron chi connectivity index (χ4n) is 2.43. The molecule has 0 unspecified atom stereocenters. The highest BCUT2D eigenvalue weighted by Crippen LogP contribution is 2.32. The summed E-state index contributed by atoms with van der Waals surface area (Å²) in [4.78, 5) is 12.3. The Morgan fingerprint density at radius 3 is 2.56 bits per heavy atom. The number of para-hydroxylation sites is 2. The smallest absolute Gasteiger partial charge is 0.262 e. The van der Waals surface area contributed by atoms with Crippen molar-refractivity contribution in [2.45, 2.75) is 33.6 Å². The van der Waals surface area contributed by atoms with E-state index in [9.17, 15) is 4.79 Å². The number of rotatable bonds is 7. The highest BCUT2D eigenvalue weighted by molar-refractivity contribution is 6.31. The minimum absolute atomic E-state index is 0.0821. The third-order valence-electron chi connectivity index (χ3n) is 3.73.